The third-order valence-corrected chi connectivity index (χ3v) is 6.27. The molecule has 2 heterocycles. The number of benzene rings is 2. The van der Waals surface area contributed by atoms with Gasteiger partial charge in [0, 0.05) is 47.8 Å². The summed E-state index contributed by atoms with van der Waals surface area (Å²) in [6, 6.07) is 12.4. The SMILES string of the molecule is Cc1ccc(NC(=O)N2CCN(C(=O)c3cccc(OCc4cscn4)c3)CC2)cc1Cl. The van der Waals surface area contributed by atoms with Gasteiger partial charge < -0.3 is 19.9 Å². The van der Waals surface area contributed by atoms with Gasteiger partial charge in [0.05, 0.1) is 11.2 Å². The van der Waals surface area contributed by atoms with Gasteiger partial charge in [-0.05, 0) is 42.8 Å². The molecule has 3 amide bonds. The smallest absolute Gasteiger partial charge is 0.321 e. The van der Waals surface area contributed by atoms with Crippen molar-refractivity contribution < 1.29 is 14.3 Å². The first-order chi connectivity index (χ1) is 15.5. The molecule has 1 aromatic heterocycles. The first-order valence-electron chi connectivity index (χ1n) is 10.2. The number of rotatable bonds is 5. The number of hydrogen-bond acceptors (Lipinski definition) is 5. The minimum Gasteiger partial charge on any atom is -0.487 e. The summed E-state index contributed by atoms with van der Waals surface area (Å²) >= 11 is 7.65. The zero-order valence-corrected chi connectivity index (χ0v) is 19.2. The maximum absolute atomic E-state index is 12.9. The quantitative estimate of drug-likeness (QED) is 0.587. The molecule has 0 aliphatic carbocycles. The lowest BCUT2D eigenvalue weighted by atomic mass is 10.1. The molecule has 1 aliphatic heterocycles. The van der Waals surface area contributed by atoms with Gasteiger partial charge in [-0.3, -0.25) is 4.79 Å². The molecule has 4 rings (SSSR count). The van der Waals surface area contributed by atoms with E-state index >= 15 is 0 Å². The molecule has 2 aromatic carbocycles. The van der Waals surface area contributed by atoms with E-state index in [9.17, 15) is 9.59 Å². The number of aryl methyl sites for hydroxylation is 1. The Morgan fingerprint density at radius 1 is 1.12 bits per heavy atom. The zero-order chi connectivity index (χ0) is 22.5. The van der Waals surface area contributed by atoms with Crippen molar-refractivity contribution in [1.82, 2.24) is 14.8 Å². The molecule has 3 aromatic rings. The lowest BCUT2D eigenvalue weighted by Gasteiger charge is -2.34. The second kappa shape index (κ2) is 10.0. The number of urea groups is 1. The number of anilines is 1. The molecule has 0 saturated carbocycles. The molecule has 32 heavy (non-hydrogen) atoms. The summed E-state index contributed by atoms with van der Waals surface area (Å²) in [5.41, 5.74) is 4.78. The largest absolute Gasteiger partial charge is 0.487 e. The monoisotopic (exact) mass is 470 g/mol. The van der Waals surface area contributed by atoms with E-state index in [1.807, 2.05) is 30.5 Å². The van der Waals surface area contributed by atoms with Crippen molar-refractivity contribution in [3.63, 3.8) is 0 Å². The number of aromatic nitrogens is 1. The van der Waals surface area contributed by atoms with E-state index in [1.54, 1.807) is 39.6 Å². The topological polar surface area (TPSA) is 74.8 Å². The Morgan fingerprint density at radius 3 is 2.62 bits per heavy atom. The number of carbonyl (C=O) groups is 2. The Bertz CT molecular complexity index is 1100. The van der Waals surface area contributed by atoms with Crippen LogP contribution in [0, 0.1) is 6.92 Å². The van der Waals surface area contributed by atoms with Crippen molar-refractivity contribution in [3.05, 3.63) is 75.2 Å². The lowest BCUT2D eigenvalue weighted by Crippen LogP contribution is -2.51. The van der Waals surface area contributed by atoms with Crippen LogP contribution in [0.15, 0.2) is 53.4 Å². The van der Waals surface area contributed by atoms with E-state index in [0.29, 0.717) is 54.8 Å². The Hall–Kier alpha value is -3.10. The highest BCUT2D eigenvalue weighted by molar-refractivity contribution is 7.07. The number of thiazole rings is 1. The molecule has 1 aliphatic rings. The van der Waals surface area contributed by atoms with E-state index in [4.69, 9.17) is 16.3 Å². The Morgan fingerprint density at radius 2 is 1.91 bits per heavy atom. The highest BCUT2D eigenvalue weighted by Crippen LogP contribution is 2.21. The van der Waals surface area contributed by atoms with Gasteiger partial charge in [-0.25, -0.2) is 9.78 Å². The molecule has 166 valence electrons. The van der Waals surface area contributed by atoms with E-state index in [2.05, 4.69) is 10.3 Å². The van der Waals surface area contributed by atoms with Crippen molar-refractivity contribution >= 4 is 40.6 Å². The summed E-state index contributed by atoms with van der Waals surface area (Å²) in [5.74, 6) is 0.549. The molecule has 1 N–H and O–H groups in total. The van der Waals surface area contributed by atoms with Gasteiger partial charge in [0.25, 0.3) is 5.91 Å². The third-order valence-electron chi connectivity index (χ3n) is 5.23. The number of carbonyl (C=O) groups excluding carboxylic acids is 2. The number of ether oxygens (including phenoxy) is 1. The molecule has 0 spiro atoms. The summed E-state index contributed by atoms with van der Waals surface area (Å²) < 4.78 is 5.75. The number of amides is 3. The van der Waals surface area contributed by atoms with Crippen molar-refractivity contribution in [2.45, 2.75) is 13.5 Å². The van der Waals surface area contributed by atoms with E-state index in [-0.39, 0.29) is 11.9 Å². The summed E-state index contributed by atoms with van der Waals surface area (Å²) in [5, 5.41) is 5.40. The predicted molar refractivity (Wildman–Crippen MR) is 126 cm³/mol. The first-order valence-corrected chi connectivity index (χ1v) is 11.5. The van der Waals surface area contributed by atoms with Crippen LogP contribution in [-0.2, 0) is 6.61 Å². The fourth-order valence-electron chi connectivity index (χ4n) is 3.35. The highest BCUT2D eigenvalue weighted by Gasteiger charge is 2.25. The van der Waals surface area contributed by atoms with Crippen LogP contribution in [0.3, 0.4) is 0 Å². The van der Waals surface area contributed by atoms with Gasteiger partial charge in [-0.1, -0.05) is 23.7 Å². The molecule has 0 atom stereocenters. The van der Waals surface area contributed by atoms with Gasteiger partial charge in [0.1, 0.15) is 12.4 Å². The van der Waals surface area contributed by atoms with E-state index in [1.165, 1.54) is 11.3 Å². The first kappa shape index (κ1) is 22.1. The molecular formula is C23H23ClN4O3S. The second-order valence-corrected chi connectivity index (χ2v) is 8.60. The summed E-state index contributed by atoms with van der Waals surface area (Å²) in [7, 11) is 0. The Labute approximate surface area is 195 Å². The van der Waals surface area contributed by atoms with Crippen LogP contribution in [0.25, 0.3) is 0 Å². The van der Waals surface area contributed by atoms with E-state index in [0.717, 1.165) is 11.3 Å². The number of hydrogen-bond donors (Lipinski definition) is 1. The van der Waals surface area contributed by atoms with Crippen LogP contribution in [0.4, 0.5) is 10.5 Å². The van der Waals surface area contributed by atoms with Gasteiger partial charge >= 0.3 is 6.03 Å². The molecule has 1 saturated heterocycles. The predicted octanol–water partition coefficient (Wildman–Crippen LogP) is 4.67. The van der Waals surface area contributed by atoms with Crippen LogP contribution in [0.2, 0.25) is 5.02 Å². The second-order valence-electron chi connectivity index (χ2n) is 7.47. The van der Waals surface area contributed by atoms with Crippen LogP contribution >= 0.6 is 22.9 Å². The van der Waals surface area contributed by atoms with Crippen LogP contribution < -0.4 is 10.1 Å². The number of piperazine rings is 1. The standard InChI is InChI=1S/C23H23ClN4O3S/c1-16-5-6-18(12-21(16)24)26-23(30)28-9-7-27(8-10-28)22(29)17-3-2-4-20(11-17)31-13-19-14-32-15-25-19/h2-6,11-12,14-15H,7-10,13H2,1H3,(H,26,30). The minimum absolute atomic E-state index is 0.0746. The third kappa shape index (κ3) is 5.38. The molecular weight excluding hydrogens is 448 g/mol. The Kier molecular flexibility index (Phi) is 6.92. The van der Waals surface area contributed by atoms with Crippen molar-refractivity contribution in [1.29, 1.82) is 0 Å². The minimum atomic E-state index is -0.200. The molecule has 9 heteroatoms. The molecule has 1 fully saturated rings. The molecule has 0 bridgehead atoms. The fourth-order valence-corrected chi connectivity index (χ4v) is 4.08. The maximum Gasteiger partial charge on any atom is 0.321 e. The van der Waals surface area contributed by atoms with Crippen LogP contribution in [0.1, 0.15) is 21.6 Å². The average Bonchev–Trinajstić information content (AvgIpc) is 3.34. The summed E-state index contributed by atoms with van der Waals surface area (Å²) in [6.07, 6.45) is 0. The van der Waals surface area contributed by atoms with Crippen LogP contribution in [-0.4, -0.2) is 52.9 Å². The van der Waals surface area contributed by atoms with Gasteiger partial charge in [-0.2, -0.15) is 0 Å². The number of halogens is 1. The summed E-state index contributed by atoms with van der Waals surface area (Å²) in [6.45, 7) is 4.11. The molecule has 0 unspecified atom stereocenters. The van der Waals surface area contributed by atoms with Crippen molar-refractivity contribution in [2.75, 3.05) is 31.5 Å². The van der Waals surface area contributed by atoms with Gasteiger partial charge in [0.15, 0.2) is 0 Å². The zero-order valence-electron chi connectivity index (χ0n) is 17.6. The molecule has 7 nitrogen and oxygen atoms in total. The summed E-state index contributed by atoms with van der Waals surface area (Å²) in [4.78, 5) is 33.2. The van der Waals surface area contributed by atoms with Crippen LogP contribution in [0.5, 0.6) is 5.75 Å². The molecule has 0 radical (unpaired) electrons. The fraction of sp³-hybridized carbons (Fsp3) is 0.261. The van der Waals surface area contributed by atoms with Gasteiger partial charge in [0.2, 0.25) is 0 Å². The lowest BCUT2D eigenvalue weighted by molar-refractivity contribution is 0.0671. The average molecular weight is 471 g/mol. The Balaban J connectivity index is 1.30. The van der Waals surface area contributed by atoms with Gasteiger partial charge in [-0.15, -0.1) is 11.3 Å². The van der Waals surface area contributed by atoms with Crippen molar-refractivity contribution in [3.8, 4) is 5.75 Å². The van der Waals surface area contributed by atoms with E-state index < -0.39 is 0 Å². The number of nitrogens with one attached hydrogen (secondary N) is 1. The normalized spacial score (nSPS) is 13.7. The maximum atomic E-state index is 12.9. The number of nitrogens with zero attached hydrogens (tertiary/aromatic N) is 3. The highest BCUT2D eigenvalue weighted by atomic mass is 35.5. The van der Waals surface area contributed by atoms with Crippen molar-refractivity contribution in [2.24, 2.45) is 0 Å².